The first-order chi connectivity index (χ1) is 18.9. The number of nitrogens with one attached hydrogen (secondary N) is 1. The van der Waals surface area contributed by atoms with Crippen LogP contribution in [0.1, 0.15) is 60.1 Å². The van der Waals surface area contributed by atoms with Crippen molar-refractivity contribution in [3.05, 3.63) is 80.0 Å². The summed E-state index contributed by atoms with van der Waals surface area (Å²) in [4.78, 5) is 29.3. The number of aromatic nitrogens is 1. The number of halogens is 1. The van der Waals surface area contributed by atoms with E-state index in [0.717, 1.165) is 11.1 Å². The summed E-state index contributed by atoms with van der Waals surface area (Å²) in [6, 6.07) is 8.52. The van der Waals surface area contributed by atoms with Crippen molar-refractivity contribution in [3.63, 3.8) is 0 Å². The third-order valence-corrected chi connectivity index (χ3v) is 7.90. The molecule has 1 aromatic carbocycles. The Morgan fingerprint density at radius 3 is 2.73 bits per heavy atom. The van der Waals surface area contributed by atoms with E-state index in [1.807, 2.05) is 11.4 Å². The van der Waals surface area contributed by atoms with Gasteiger partial charge in [-0.2, -0.15) is 4.73 Å². The van der Waals surface area contributed by atoms with Gasteiger partial charge in [-0.3, -0.25) is 10.3 Å². The van der Waals surface area contributed by atoms with Crippen molar-refractivity contribution in [3.8, 4) is 11.1 Å². The minimum absolute atomic E-state index is 0.230. The molecular weight excluding hydrogens is 554 g/mol. The second kappa shape index (κ2) is 10.3. The summed E-state index contributed by atoms with van der Waals surface area (Å²) in [5.41, 5.74) is 2.33. The summed E-state index contributed by atoms with van der Waals surface area (Å²) in [5, 5.41) is 30.2. The highest BCUT2D eigenvalue weighted by molar-refractivity contribution is 7.12. The molecule has 0 radical (unpaired) electrons. The van der Waals surface area contributed by atoms with Gasteiger partial charge in [-0.15, -0.1) is 11.3 Å². The number of amides is 1. The first kappa shape index (κ1) is 27.8. The molecule has 11 heteroatoms. The van der Waals surface area contributed by atoms with Crippen LogP contribution in [-0.2, 0) is 21.5 Å². The lowest BCUT2D eigenvalue weighted by molar-refractivity contribution is -0.619. The van der Waals surface area contributed by atoms with Gasteiger partial charge in [0.1, 0.15) is 10.5 Å². The maximum Gasteiger partial charge on any atom is 0.412 e. The second-order valence-corrected chi connectivity index (χ2v) is 12.1. The number of aliphatic imine (C=N–C) groups is 1. The molecule has 9 nitrogen and oxygen atoms in total. The quantitative estimate of drug-likeness (QED) is 0.221. The van der Waals surface area contributed by atoms with Crippen LogP contribution in [0.2, 0.25) is 5.02 Å². The number of ether oxygens (including phenoxy) is 2. The van der Waals surface area contributed by atoms with E-state index in [1.165, 1.54) is 24.6 Å². The van der Waals surface area contributed by atoms with Crippen molar-refractivity contribution in [1.29, 1.82) is 0 Å². The van der Waals surface area contributed by atoms with Crippen molar-refractivity contribution in [1.82, 2.24) is 0 Å². The lowest BCUT2D eigenvalue weighted by atomic mass is 9.89. The Morgan fingerprint density at radius 1 is 1.23 bits per heavy atom. The van der Waals surface area contributed by atoms with Gasteiger partial charge in [-0.25, -0.2) is 9.59 Å². The maximum atomic E-state index is 13.4. The van der Waals surface area contributed by atoms with E-state index in [2.05, 4.69) is 10.3 Å². The van der Waals surface area contributed by atoms with Gasteiger partial charge in [-0.1, -0.05) is 11.6 Å². The molecule has 1 atom stereocenters. The van der Waals surface area contributed by atoms with Gasteiger partial charge in [0.2, 0.25) is 5.69 Å². The van der Waals surface area contributed by atoms with Crippen LogP contribution in [0.4, 0.5) is 10.5 Å². The molecule has 1 aliphatic heterocycles. The fourth-order valence-electron chi connectivity index (χ4n) is 4.97. The summed E-state index contributed by atoms with van der Waals surface area (Å²) < 4.78 is 10.8. The lowest BCUT2D eigenvalue weighted by Crippen LogP contribution is -2.45. The third-order valence-electron chi connectivity index (χ3n) is 6.76. The molecule has 40 heavy (non-hydrogen) atoms. The summed E-state index contributed by atoms with van der Waals surface area (Å²) >= 11 is 7.55. The van der Waals surface area contributed by atoms with Crippen LogP contribution in [0.25, 0.3) is 16.7 Å². The van der Waals surface area contributed by atoms with Crippen LogP contribution in [0.3, 0.4) is 0 Å². The van der Waals surface area contributed by atoms with E-state index < -0.39 is 23.3 Å². The number of rotatable bonds is 5. The Kier molecular flexibility index (Phi) is 7.20. The monoisotopic (exact) mass is 581 g/mol. The number of thiophene rings is 1. The molecule has 2 aliphatic rings. The molecule has 5 rings (SSSR count). The smallest absolute Gasteiger partial charge is 0.412 e. The number of carbonyl (C=O) groups is 2. The molecule has 1 amide bonds. The number of hydrogen-bond donors (Lipinski definition) is 2. The first-order valence-electron chi connectivity index (χ1n) is 12.6. The number of hydrogen-bond acceptors (Lipinski definition) is 8. The number of benzene rings is 1. The maximum absolute atomic E-state index is 13.4. The van der Waals surface area contributed by atoms with Crippen LogP contribution in [0, 0.1) is 5.21 Å². The molecule has 0 saturated heterocycles. The normalized spacial score (nSPS) is 18.1. The third kappa shape index (κ3) is 5.34. The molecule has 3 heterocycles. The summed E-state index contributed by atoms with van der Waals surface area (Å²) in [6.07, 6.45) is 3.49. The Hall–Kier alpha value is -3.73. The number of methoxy groups -OCH3 is 1. The Balaban J connectivity index is 1.42. The number of aliphatic hydroxyl groups is 1. The van der Waals surface area contributed by atoms with Crippen LogP contribution in [0.15, 0.2) is 53.1 Å². The molecule has 3 aromatic rings. The Bertz CT molecular complexity index is 1590. The Morgan fingerprint density at radius 2 is 2.00 bits per heavy atom. The molecule has 0 bridgehead atoms. The number of allylic oxidation sites excluding steroid dienone is 1. The fraction of sp³-hybridized carbons (Fsp3) is 0.310. The SMILES string of the molecule is COC(=O)c1cc(C2=CN=C(C3(O)CCc4cc(-c5cc(Cl)ccc5NC(=O)OC(C)(C)C)c[n+]([O-])c43)C2)cs1. The summed E-state index contributed by atoms with van der Waals surface area (Å²) in [5.74, 6) is -0.410. The van der Waals surface area contributed by atoms with E-state index in [9.17, 15) is 19.9 Å². The van der Waals surface area contributed by atoms with Gasteiger partial charge >= 0.3 is 12.1 Å². The number of pyridine rings is 1. The highest BCUT2D eigenvalue weighted by atomic mass is 35.5. The van der Waals surface area contributed by atoms with Crippen LogP contribution < -0.4 is 10.0 Å². The van der Waals surface area contributed by atoms with E-state index in [0.29, 0.717) is 62.0 Å². The highest BCUT2D eigenvalue weighted by Gasteiger charge is 2.49. The highest BCUT2D eigenvalue weighted by Crippen LogP contribution is 2.42. The zero-order valence-corrected chi connectivity index (χ0v) is 24.0. The van der Waals surface area contributed by atoms with Crippen molar-refractivity contribution in [2.45, 2.75) is 51.2 Å². The standard InChI is InChI=1S/C29H28ClN3O6S/c1-28(2,3)39-27(35)32-22-6-5-20(30)12-21(22)18-9-16-7-8-29(36,25(16)33(37)14-18)24-11-17(13-31-24)19-10-23(40-15-19)26(34)38-4/h5-6,9-10,12-15,36H,7-8,11H2,1-4H3,(H,32,35). The fourth-order valence-corrected chi connectivity index (χ4v) is 5.99. The van der Waals surface area contributed by atoms with Gasteiger partial charge < -0.3 is 19.8 Å². The van der Waals surface area contributed by atoms with E-state index >= 15 is 0 Å². The van der Waals surface area contributed by atoms with Gasteiger partial charge in [-0.05, 0) is 80.5 Å². The summed E-state index contributed by atoms with van der Waals surface area (Å²) in [6.45, 7) is 5.30. The zero-order valence-electron chi connectivity index (χ0n) is 22.4. The first-order valence-corrected chi connectivity index (χ1v) is 13.9. The molecule has 1 unspecified atom stereocenters. The molecule has 1 aliphatic carbocycles. The molecule has 208 valence electrons. The number of fused-ring (bicyclic) bond motifs is 1. The van der Waals surface area contributed by atoms with Crippen LogP contribution in [0.5, 0.6) is 0 Å². The lowest BCUT2D eigenvalue weighted by Gasteiger charge is -2.23. The number of nitrogens with zero attached hydrogens (tertiary/aromatic N) is 2. The van der Waals surface area contributed by atoms with E-state index in [4.69, 9.17) is 21.1 Å². The molecular formula is C29H28ClN3O6S. The van der Waals surface area contributed by atoms with Crippen molar-refractivity contribution in [2.24, 2.45) is 4.99 Å². The minimum atomic E-state index is -1.54. The minimum Gasteiger partial charge on any atom is -0.618 e. The molecule has 2 N–H and O–H groups in total. The van der Waals surface area contributed by atoms with Crippen LogP contribution >= 0.6 is 22.9 Å². The average Bonchev–Trinajstić information content (AvgIpc) is 3.63. The van der Waals surface area contributed by atoms with Crippen molar-refractivity contribution < 1.29 is 28.9 Å². The number of aryl methyl sites for hydroxylation is 1. The van der Waals surface area contributed by atoms with E-state index in [1.54, 1.807) is 51.2 Å². The predicted octanol–water partition coefficient (Wildman–Crippen LogP) is 5.86. The van der Waals surface area contributed by atoms with Crippen LogP contribution in [-0.4, -0.2) is 35.6 Å². The average molecular weight is 582 g/mol. The summed E-state index contributed by atoms with van der Waals surface area (Å²) in [7, 11) is 1.33. The van der Waals surface area contributed by atoms with Crippen molar-refractivity contribution in [2.75, 3.05) is 12.4 Å². The van der Waals surface area contributed by atoms with E-state index in [-0.39, 0.29) is 5.69 Å². The Labute approximate surface area is 240 Å². The molecule has 2 aromatic heterocycles. The second-order valence-electron chi connectivity index (χ2n) is 10.7. The zero-order chi connectivity index (χ0) is 28.8. The largest absolute Gasteiger partial charge is 0.618 e. The molecule has 0 fully saturated rings. The topological polar surface area (TPSA) is 124 Å². The number of carbonyl (C=O) groups excluding carboxylic acids is 2. The molecule has 0 spiro atoms. The predicted molar refractivity (Wildman–Crippen MR) is 154 cm³/mol. The van der Waals surface area contributed by atoms with Crippen molar-refractivity contribution >= 4 is 52.0 Å². The van der Waals surface area contributed by atoms with Gasteiger partial charge in [0.05, 0.1) is 18.5 Å². The van der Waals surface area contributed by atoms with Gasteiger partial charge in [0, 0.05) is 34.3 Å². The number of esters is 1. The number of anilines is 1. The van der Waals surface area contributed by atoms with Gasteiger partial charge in [0.25, 0.3) is 0 Å². The molecule has 0 saturated carbocycles. The van der Waals surface area contributed by atoms with Gasteiger partial charge in [0.15, 0.2) is 11.8 Å².